The molecule has 4 aromatic rings. The van der Waals surface area contributed by atoms with Crippen LogP contribution in [0.3, 0.4) is 0 Å². The Morgan fingerprint density at radius 3 is 2.58 bits per heavy atom. The van der Waals surface area contributed by atoms with E-state index >= 15 is 0 Å². The third kappa shape index (κ3) is 4.45. The molecule has 0 saturated heterocycles. The first kappa shape index (κ1) is 23.6. The van der Waals surface area contributed by atoms with Crippen molar-refractivity contribution in [2.75, 3.05) is 16.8 Å². The maximum atomic E-state index is 13.7. The maximum absolute atomic E-state index is 13.7. The zero-order valence-electron chi connectivity index (χ0n) is 19.7. The zero-order chi connectivity index (χ0) is 25.4. The second kappa shape index (κ2) is 9.51. The molecule has 180 valence electrons. The number of amides is 2. The average molecular weight is 501 g/mol. The number of hydrogen-bond donors (Lipinski definition) is 1. The molecule has 2 amide bonds. The highest BCUT2D eigenvalue weighted by atomic mass is 35.5. The van der Waals surface area contributed by atoms with E-state index in [1.807, 2.05) is 44.3 Å². The van der Waals surface area contributed by atoms with Gasteiger partial charge in [0.1, 0.15) is 11.6 Å². The summed E-state index contributed by atoms with van der Waals surface area (Å²) in [7, 11) is 0. The molecule has 3 aromatic carbocycles. The lowest BCUT2D eigenvalue weighted by atomic mass is 10.0. The minimum Gasteiger partial charge on any atom is -0.322 e. The van der Waals surface area contributed by atoms with Gasteiger partial charge in [-0.05, 0) is 73.9 Å². The number of fused-ring (bicyclic) bond motifs is 3. The van der Waals surface area contributed by atoms with Crippen LogP contribution in [0.5, 0.6) is 0 Å². The number of carbonyl (C=O) groups excluding carboxylic acids is 2. The van der Waals surface area contributed by atoms with Crippen molar-refractivity contribution in [3.05, 3.63) is 106 Å². The molecule has 0 atom stereocenters. The molecule has 0 radical (unpaired) electrons. The second-order valence-corrected chi connectivity index (χ2v) is 9.03. The summed E-state index contributed by atoms with van der Waals surface area (Å²) in [6.07, 6.45) is 2.46. The molecule has 1 aromatic heterocycles. The van der Waals surface area contributed by atoms with Gasteiger partial charge >= 0.3 is 0 Å². The van der Waals surface area contributed by atoms with E-state index in [0.29, 0.717) is 35.6 Å². The average Bonchev–Trinajstić information content (AvgIpc) is 3.00. The van der Waals surface area contributed by atoms with E-state index in [-0.39, 0.29) is 16.5 Å². The molecule has 2 heterocycles. The standard InChI is InChI=1S/C28H22ClFN4O2/c1-16-13-20(33-27(35)22-9-7-19(30)14-24(22)29)8-10-21(16)28(36)34-12-11-18-15-31-17(2)32-26(18)23-5-3-4-6-25(23)34/h3-10,13-15H,11-12H2,1-2H3,(H,33,35). The first-order valence-corrected chi connectivity index (χ1v) is 11.8. The monoisotopic (exact) mass is 500 g/mol. The minimum atomic E-state index is -0.518. The lowest BCUT2D eigenvalue weighted by Crippen LogP contribution is -2.33. The molecule has 0 spiro atoms. The molecular weight excluding hydrogens is 479 g/mol. The normalized spacial score (nSPS) is 12.4. The Morgan fingerprint density at radius 2 is 1.81 bits per heavy atom. The van der Waals surface area contributed by atoms with Crippen LogP contribution in [0.2, 0.25) is 5.02 Å². The number of nitrogens with zero attached hydrogens (tertiary/aromatic N) is 3. The van der Waals surface area contributed by atoms with Crippen molar-refractivity contribution in [3.8, 4) is 11.3 Å². The Labute approximate surface area is 212 Å². The quantitative estimate of drug-likeness (QED) is 0.374. The SMILES string of the molecule is Cc1ncc2c(n1)-c1ccccc1N(C(=O)c1ccc(NC(=O)c3ccc(F)cc3Cl)cc1C)CC2. The summed E-state index contributed by atoms with van der Waals surface area (Å²) in [4.78, 5) is 37.1. The van der Waals surface area contributed by atoms with Gasteiger partial charge in [-0.25, -0.2) is 14.4 Å². The number of rotatable bonds is 3. The van der Waals surface area contributed by atoms with Crippen molar-refractivity contribution >= 4 is 34.8 Å². The molecule has 1 aliphatic rings. The first-order chi connectivity index (χ1) is 17.3. The Morgan fingerprint density at radius 1 is 1.03 bits per heavy atom. The van der Waals surface area contributed by atoms with E-state index in [1.54, 1.807) is 23.1 Å². The Balaban J connectivity index is 1.43. The topological polar surface area (TPSA) is 75.2 Å². The number of benzene rings is 3. The molecule has 1 aliphatic heterocycles. The van der Waals surface area contributed by atoms with Crippen molar-refractivity contribution in [3.63, 3.8) is 0 Å². The van der Waals surface area contributed by atoms with Gasteiger partial charge in [-0.3, -0.25) is 9.59 Å². The van der Waals surface area contributed by atoms with Crippen LogP contribution in [0.1, 0.15) is 37.7 Å². The minimum absolute atomic E-state index is 0.0247. The van der Waals surface area contributed by atoms with E-state index in [4.69, 9.17) is 11.6 Å². The van der Waals surface area contributed by atoms with E-state index < -0.39 is 11.7 Å². The molecule has 8 heteroatoms. The van der Waals surface area contributed by atoms with Crippen LogP contribution in [-0.4, -0.2) is 28.3 Å². The lowest BCUT2D eigenvalue weighted by molar-refractivity contribution is 0.0985. The lowest BCUT2D eigenvalue weighted by Gasteiger charge is -2.24. The molecule has 0 bridgehead atoms. The van der Waals surface area contributed by atoms with Gasteiger partial charge in [0.2, 0.25) is 0 Å². The van der Waals surface area contributed by atoms with E-state index in [1.165, 1.54) is 12.1 Å². The largest absolute Gasteiger partial charge is 0.322 e. The number of halogens is 2. The van der Waals surface area contributed by atoms with Crippen LogP contribution < -0.4 is 10.2 Å². The van der Waals surface area contributed by atoms with Crippen LogP contribution in [0.25, 0.3) is 11.3 Å². The number of hydrogen-bond acceptors (Lipinski definition) is 4. The number of carbonyl (C=O) groups is 2. The second-order valence-electron chi connectivity index (χ2n) is 8.62. The molecule has 5 rings (SSSR count). The Kier molecular flexibility index (Phi) is 6.24. The van der Waals surface area contributed by atoms with Gasteiger partial charge in [-0.2, -0.15) is 0 Å². The summed E-state index contributed by atoms with van der Waals surface area (Å²) < 4.78 is 13.3. The van der Waals surface area contributed by atoms with Crippen LogP contribution in [0.15, 0.2) is 66.9 Å². The molecule has 36 heavy (non-hydrogen) atoms. The predicted molar refractivity (Wildman–Crippen MR) is 138 cm³/mol. The van der Waals surface area contributed by atoms with Crippen molar-refractivity contribution in [2.45, 2.75) is 20.3 Å². The molecule has 0 saturated carbocycles. The predicted octanol–water partition coefficient (Wildman–Crippen LogP) is 6.01. The highest BCUT2D eigenvalue weighted by molar-refractivity contribution is 6.34. The summed E-state index contributed by atoms with van der Waals surface area (Å²) in [6.45, 7) is 4.15. The van der Waals surface area contributed by atoms with Crippen molar-refractivity contribution < 1.29 is 14.0 Å². The summed E-state index contributed by atoms with van der Waals surface area (Å²) in [6, 6.07) is 16.4. The van der Waals surface area contributed by atoms with E-state index in [9.17, 15) is 14.0 Å². The van der Waals surface area contributed by atoms with Gasteiger partial charge in [0.15, 0.2) is 0 Å². The summed E-state index contributed by atoms with van der Waals surface area (Å²) >= 11 is 6.01. The first-order valence-electron chi connectivity index (χ1n) is 11.4. The van der Waals surface area contributed by atoms with E-state index in [2.05, 4.69) is 15.3 Å². The van der Waals surface area contributed by atoms with Gasteiger partial charge < -0.3 is 10.2 Å². The number of anilines is 2. The Hall–Kier alpha value is -4.10. The molecule has 0 unspecified atom stereocenters. The van der Waals surface area contributed by atoms with Crippen molar-refractivity contribution in [1.82, 2.24) is 9.97 Å². The number of aryl methyl sites for hydroxylation is 2. The van der Waals surface area contributed by atoms with Crippen LogP contribution >= 0.6 is 11.6 Å². The fraction of sp³-hybridized carbons (Fsp3) is 0.143. The maximum Gasteiger partial charge on any atom is 0.258 e. The summed E-state index contributed by atoms with van der Waals surface area (Å²) in [5.74, 6) is -0.444. The molecule has 1 N–H and O–H groups in total. The third-order valence-electron chi connectivity index (χ3n) is 6.18. The van der Waals surface area contributed by atoms with Gasteiger partial charge in [-0.15, -0.1) is 0 Å². The van der Waals surface area contributed by atoms with Gasteiger partial charge in [0, 0.05) is 29.6 Å². The molecular formula is C28H22ClFN4O2. The fourth-order valence-electron chi connectivity index (χ4n) is 4.38. The zero-order valence-corrected chi connectivity index (χ0v) is 20.4. The number of nitrogens with one attached hydrogen (secondary N) is 1. The van der Waals surface area contributed by atoms with Crippen LogP contribution in [0.4, 0.5) is 15.8 Å². The van der Waals surface area contributed by atoms with Crippen molar-refractivity contribution in [1.29, 1.82) is 0 Å². The molecule has 6 nitrogen and oxygen atoms in total. The number of para-hydroxylation sites is 1. The summed E-state index contributed by atoms with van der Waals surface area (Å²) in [5.41, 5.74) is 5.43. The highest BCUT2D eigenvalue weighted by Crippen LogP contribution is 2.36. The highest BCUT2D eigenvalue weighted by Gasteiger charge is 2.27. The molecule has 0 fully saturated rings. The van der Waals surface area contributed by atoms with Crippen molar-refractivity contribution in [2.24, 2.45) is 0 Å². The van der Waals surface area contributed by atoms with Gasteiger partial charge in [0.05, 0.1) is 22.0 Å². The number of aromatic nitrogens is 2. The third-order valence-corrected chi connectivity index (χ3v) is 6.49. The van der Waals surface area contributed by atoms with Crippen LogP contribution in [-0.2, 0) is 6.42 Å². The summed E-state index contributed by atoms with van der Waals surface area (Å²) in [5, 5.41) is 2.79. The van der Waals surface area contributed by atoms with E-state index in [0.717, 1.165) is 28.6 Å². The van der Waals surface area contributed by atoms with Gasteiger partial charge in [0.25, 0.3) is 11.8 Å². The fourth-order valence-corrected chi connectivity index (χ4v) is 4.64. The Bertz CT molecular complexity index is 1520. The molecule has 0 aliphatic carbocycles. The van der Waals surface area contributed by atoms with Gasteiger partial charge in [-0.1, -0.05) is 29.8 Å². The van der Waals surface area contributed by atoms with Crippen LogP contribution in [0, 0.1) is 19.7 Å². The smallest absolute Gasteiger partial charge is 0.258 e.